The van der Waals surface area contributed by atoms with Crippen molar-refractivity contribution in [2.75, 3.05) is 30.0 Å². The van der Waals surface area contributed by atoms with E-state index in [1.165, 1.54) is 0 Å². The molecule has 0 saturated carbocycles. The number of halogens is 1. The van der Waals surface area contributed by atoms with Gasteiger partial charge < -0.3 is 20.3 Å². The number of nitrogens with zero attached hydrogens (tertiary/aromatic N) is 1. The average Bonchev–Trinajstić information content (AvgIpc) is 3.09. The molecule has 0 aliphatic carbocycles. The molecule has 1 aliphatic rings. The maximum Gasteiger partial charge on any atom is 0.262 e. The van der Waals surface area contributed by atoms with E-state index in [-0.39, 0.29) is 24.3 Å². The molecule has 28 heavy (non-hydrogen) atoms. The zero-order chi connectivity index (χ0) is 20.3. The van der Waals surface area contributed by atoms with Crippen molar-refractivity contribution in [1.29, 1.82) is 0 Å². The van der Waals surface area contributed by atoms with Gasteiger partial charge in [-0.1, -0.05) is 11.6 Å². The summed E-state index contributed by atoms with van der Waals surface area (Å²) in [5.41, 5.74) is 2.24. The van der Waals surface area contributed by atoms with Crippen molar-refractivity contribution in [3.05, 3.63) is 45.1 Å². The molecule has 9 heteroatoms. The number of aryl methyl sites for hydroxylation is 1. The maximum absolute atomic E-state index is 12.4. The largest absolute Gasteiger partial charge is 0.370 e. The molecular weight excluding hydrogens is 402 g/mol. The first kappa shape index (κ1) is 20.3. The molecule has 1 aromatic heterocycles. The molecule has 2 aromatic rings. The van der Waals surface area contributed by atoms with Crippen LogP contribution in [0.25, 0.3) is 0 Å². The van der Waals surface area contributed by atoms with Gasteiger partial charge in [0.25, 0.3) is 11.8 Å². The predicted octanol–water partition coefficient (Wildman–Crippen LogP) is 2.83. The molecule has 1 aliphatic heterocycles. The molecule has 7 nitrogen and oxygen atoms in total. The Hall–Kier alpha value is -2.42. The zero-order valence-corrected chi connectivity index (χ0v) is 17.0. The van der Waals surface area contributed by atoms with E-state index in [1.807, 2.05) is 6.92 Å². The van der Waals surface area contributed by atoms with E-state index in [0.717, 1.165) is 22.6 Å². The van der Waals surface area contributed by atoms with E-state index in [1.54, 1.807) is 42.2 Å². The third-order valence-electron chi connectivity index (χ3n) is 4.28. The molecular formula is C19H20ClN3O4S. The van der Waals surface area contributed by atoms with Crippen molar-refractivity contribution >= 4 is 52.0 Å². The summed E-state index contributed by atoms with van der Waals surface area (Å²) in [6.07, 6.45) is 0. The summed E-state index contributed by atoms with van der Waals surface area (Å²) in [4.78, 5) is 38.7. The van der Waals surface area contributed by atoms with Crippen molar-refractivity contribution < 1.29 is 19.1 Å². The number of benzene rings is 1. The molecule has 2 N–H and O–H groups in total. The molecule has 1 atom stereocenters. The smallest absolute Gasteiger partial charge is 0.262 e. The number of thiophene rings is 1. The van der Waals surface area contributed by atoms with Crippen molar-refractivity contribution in [1.82, 2.24) is 5.32 Å². The van der Waals surface area contributed by atoms with Gasteiger partial charge in [-0.15, -0.1) is 11.3 Å². The SMILES string of the molecule is Cc1cc(NC(=O)C(C)NC(=O)c2ccc(Cl)s2)ccc1N1CCOCC1=O. The molecule has 0 bridgehead atoms. The minimum Gasteiger partial charge on any atom is -0.370 e. The van der Waals surface area contributed by atoms with Crippen molar-refractivity contribution in [3.63, 3.8) is 0 Å². The van der Waals surface area contributed by atoms with Crippen molar-refractivity contribution in [3.8, 4) is 0 Å². The third-order valence-corrected chi connectivity index (χ3v) is 5.51. The number of morpholine rings is 1. The van der Waals surface area contributed by atoms with Gasteiger partial charge in [0.2, 0.25) is 5.91 Å². The summed E-state index contributed by atoms with van der Waals surface area (Å²) in [6.45, 7) is 4.55. The Morgan fingerprint density at radius 3 is 2.71 bits per heavy atom. The van der Waals surface area contributed by atoms with Crippen LogP contribution in [0.2, 0.25) is 4.34 Å². The molecule has 1 fully saturated rings. The lowest BCUT2D eigenvalue weighted by Gasteiger charge is -2.28. The van der Waals surface area contributed by atoms with E-state index < -0.39 is 6.04 Å². The first-order valence-electron chi connectivity index (χ1n) is 8.71. The second kappa shape index (κ2) is 8.72. The zero-order valence-electron chi connectivity index (χ0n) is 15.5. The first-order chi connectivity index (χ1) is 13.3. The fraction of sp³-hybridized carbons (Fsp3) is 0.316. The van der Waals surface area contributed by atoms with Crippen LogP contribution in [0.15, 0.2) is 30.3 Å². The Kier molecular flexibility index (Phi) is 6.33. The quantitative estimate of drug-likeness (QED) is 0.777. The summed E-state index contributed by atoms with van der Waals surface area (Å²) >= 11 is 6.98. The van der Waals surface area contributed by atoms with Gasteiger partial charge in [-0.05, 0) is 49.7 Å². The predicted molar refractivity (Wildman–Crippen MR) is 109 cm³/mol. The summed E-state index contributed by atoms with van der Waals surface area (Å²) in [6, 6.07) is 7.84. The standard InChI is InChI=1S/C19H20ClN3O4S/c1-11-9-13(3-4-14(11)23-7-8-27-10-17(23)24)22-18(25)12(2)21-19(26)15-5-6-16(20)28-15/h3-6,9,12H,7-8,10H2,1-2H3,(H,21,26)(H,22,25). The second-order valence-corrected chi connectivity index (χ2v) is 8.10. The van der Waals surface area contributed by atoms with Gasteiger partial charge in [0.15, 0.2) is 0 Å². The fourth-order valence-corrected chi connectivity index (χ4v) is 3.78. The van der Waals surface area contributed by atoms with Crippen molar-refractivity contribution in [2.24, 2.45) is 0 Å². The van der Waals surface area contributed by atoms with Crippen LogP contribution < -0.4 is 15.5 Å². The summed E-state index contributed by atoms with van der Waals surface area (Å²) < 4.78 is 5.66. The maximum atomic E-state index is 12.4. The van der Waals surface area contributed by atoms with Crippen molar-refractivity contribution in [2.45, 2.75) is 19.9 Å². The van der Waals surface area contributed by atoms with E-state index in [9.17, 15) is 14.4 Å². The Balaban J connectivity index is 1.62. The normalized spacial score (nSPS) is 15.2. The van der Waals surface area contributed by atoms with Crippen LogP contribution in [0.1, 0.15) is 22.2 Å². The van der Waals surface area contributed by atoms with E-state index in [4.69, 9.17) is 16.3 Å². The van der Waals surface area contributed by atoms with Crippen LogP contribution in [0.3, 0.4) is 0 Å². The highest BCUT2D eigenvalue weighted by atomic mass is 35.5. The van der Waals surface area contributed by atoms with Crippen LogP contribution in [-0.4, -0.2) is 43.5 Å². The van der Waals surface area contributed by atoms with Gasteiger partial charge in [0, 0.05) is 17.9 Å². The average molecular weight is 422 g/mol. The lowest BCUT2D eigenvalue weighted by molar-refractivity contribution is -0.125. The number of anilines is 2. The van der Waals surface area contributed by atoms with Crippen LogP contribution in [0.4, 0.5) is 11.4 Å². The number of hydrogen-bond acceptors (Lipinski definition) is 5. The van der Waals surface area contributed by atoms with Crippen LogP contribution in [0, 0.1) is 6.92 Å². The van der Waals surface area contributed by atoms with Gasteiger partial charge in [-0.3, -0.25) is 14.4 Å². The molecule has 2 heterocycles. The second-order valence-electron chi connectivity index (χ2n) is 6.39. The number of amides is 3. The Labute approximate surface area is 171 Å². The van der Waals surface area contributed by atoms with Crippen LogP contribution in [-0.2, 0) is 14.3 Å². The number of carbonyl (C=O) groups is 3. The minimum atomic E-state index is -0.728. The van der Waals surface area contributed by atoms with Gasteiger partial charge in [0.1, 0.15) is 12.6 Å². The van der Waals surface area contributed by atoms with Gasteiger partial charge in [-0.25, -0.2) is 0 Å². The fourth-order valence-electron chi connectivity index (χ4n) is 2.83. The Bertz CT molecular complexity index is 914. The van der Waals surface area contributed by atoms with Gasteiger partial charge in [-0.2, -0.15) is 0 Å². The van der Waals surface area contributed by atoms with E-state index in [0.29, 0.717) is 28.1 Å². The molecule has 0 radical (unpaired) electrons. The third kappa shape index (κ3) is 4.70. The number of ether oxygens (including phenoxy) is 1. The van der Waals surface area contributed by atoms with Gasteiger partial charge in [0.05, 0.1) is 15.8 Å². The van der Waals surface area contributed by atoms with Gasteiger partial charge >= 0.3 is 0 Å². The Morgan fingerprint density at radius 1 is 1.29 bits per heavy atom. The lowest BCUT2D eigenvalue weighted by Crippen LogP contribution is -2.42. The van der Waals surface area contributed by atoms with Crippen LogP contribution >= 0.6 is 22.9 Å². The highest BCUT2D eigenvalue weighted by molar-refractivity contribution is 7.18. The minimum absolute atomic E-state index is 0.0740. The first-order valence-corrected chi connectivity index (χ1v) is 9.90. The van der Waals surface area contributed by atoms with Crippen LogP contribution in [0.5, 0.6) is 0 Å². The molecule has 3 amide bonds. The number of carbonyl (C=O) groups excluding carboxylic acids is 3. The molecule has 0 spiro atoms. The highest BCUT2D eigenvalue weighted by Crippen LogP contribution is 2.25. The number of hydrogen-bond donors (Lipinski definition) is 2. The highest BCUT2D eigenvalue weighted by Gasteiger charge is 2.22. The number of nitrogens with one attached hydrogen (secondary N) is 2. The molecule has 1 aromatic carbocycles. The topological polar surface area (TPSA) is 87.7 Å². The number of rotatable bonds is 5. The summed E-state index contributed by atoms with van der Waals surface area (Å²) in [7, 11) is 0. The Morgan fingerprint density at radius 2 is 2.07 bits per heavy atom. The molecule has 3 rings (SSSR count). The van der Waals surface area contributed by atoms with E-state index in [2.05, 4.69) is 10.6 Å². The lowest BCUT2D eigenvalue weighted by atomic mass is 10.1. The molecule has 1 unspecified atom stereocenters. The molecule has 1 saturated heterocycles. The molecule has 148 valence electrons. The summed E-state index contributed by atoms with van der Waals surface area (Å²) in [5.74, 6) is -0.779. The summed E-state index contributed by atoms with van der Waals surface area (Å²) in [5, 5.41) is 5.43. The van der Waals surface area contributed by atoms with E-state index >= 15 is 0 Å². The monoisotopic (exact) mass is 421 g/mol.